The Labute approximate surface area is 118 Å². The average molecular weight is 269 g/mol. The predicted octanol–water partition coefficient (Wildman–Crippen LogP) is 1.96. The first-order valence-corrected chi connectivity index (χ1v) is 6.85. The Balaban J connectivity index is 1.79. The third-order valence-electron chi connectivity index (χ3n) is 3.66. The molecule has 0 aromatic carbocycles. The monoisotopic (exact) mass is 269 g/mol. The van der Waals surface area contributed by atoms with E-state index in [0.717, 1.165) is 18.4 Å². The highest BCUT2D eigenvalue weighted by Gasteiger charge is 2.14. The van der Waals surface area contributed by atoms with Crippen molar-refractivity contribution in [3.05, 3.63) is 54.1 Å². The number of nitrogens with one attached hydrogen (secondary N) is 1. The van der Waals surface area contributed by atoms with Gasteiger partial charge in [-0.15, -0.1) is 0 Å². The molecule has 3 heterocycles. The zero-order valence-corrected chi connectivity index (χ0v) is 11.8. The minimum Gasteiger partial charge on any atom is -0.313 e. The Kier molecular flexibility index (Phi) is 3.52. The summed E-state index contributed by atoms with van der Waals surface area (Å²) in [6.07, 6.45) is 9.97. The Morgan fingerprint density at radius 2 is 2.15 bits per heavy atom. The van der Waals surface area contributed by atoms with Crippen LogP contribution >= 0.6 is 0 Å². The van der Waals surface area contributed by atoms with E-state index in [1.165, 1.54) is 11.1 Å². The Morgan fingerprint density at radius 3 is 2.90 bits per heavy atom. The molecule has 0 spiro atoms. The van der Waals surface area contributed by atoms with E-state index in [9.17, 15) is 0 Å². The Hall–Kier alpha value is -2.14. The fraction of sp³-hybridized carbons (Fsp3) is 0.333. The van der Waals surface area contributed by atoms with Gasteiger partial charge >= 0.3 is 0 Å². The summed E-state index contributed by atoms with van der Waals surface area (Å²) in [5.41, 5.74) is 3.68. The average Bonchev–Trinajstić information content (AvgIpc) is 3.07. The topological polar surface area (TPSA) is 47.2 Å². The summed E-state index contributed by atoms with van der Waals surface area (Å²) in [5, 5.41) is 12.0. The van der Waals surface area contributed by atoms with E-state index in [0.29, 0.717) is 6.04 Å². The molecular formula is C15H19N5. The molecule has 104 valence electrons. The summed E-state index contributed by atoms with van der Waals surface area (Å²) in [6, 6.07) is 6.45. The fourth-order valence-electron chi connectivity index (χ4n) is 2.59. The molecule has 3 aromatic rings. The van der Waals surface area contributed by atoms with Crippen LogP contribution in [0.2, 0.25) is 0 Å². The zero-order valence-electron chi connectivity index (χ0n) is 11.8. The summed E-state index contributed by atoms with van der Waals surface area (Å²) in [4.78, 5) is 0. The molecule has 1 atom stereocenters. The van der Waals surface area contributed by atoms with E-state index in [-0.39, 0.29) is 0 Å². The maximum atomic E-state index is 4.41. The number of rotatable bonds is 5. The van der Waals surface area contributed by atoms with Crippen LogP contribution in [0.3, 0.4) is 0 Å². The van der Waals surface area contributed by atoms with Crippen molar-refractivity contribution in [2.45, 2.75) is 18.9 Å². The van der Waals surface area contributed by atoms with Crippen LogP contribution in [-0.2, 0) is 13.5 Å². The first kappa shape index (κ1) is 12.9. The lowest BCUT2D eigenvalue weighted by molar-refractivity contribution is 0.552. The maximum absolute atomic E-state index is 4.41. The van der Waals surface area contributed by atoms with E-state index in [4.69, 9.17) is 0 Å². The summed E-state index contributed by atoms with van der Waals surface area (Å²) < 4.78 is 3.77. The van der Waals surface area contributed by atoms with E-state index in [1.54, 1.807) is 0 Å². The van der Waals surface area contributed by atoms with Crippen molar-refractivity contribution < 1.29 is 0 Å². The molecule has 0 amide bonds. The number of nitrogens with zero attached hydrogens (tertiary/aromatic N) is 4. The lowest BCUT2D eigenvalue weighted by Crippen LogP contribution is -2.16. The van der Waals surface area contributed by atoms with Crippen molar-refractivity contribution in [1.82, 2.24) is 24.7 Å². The highest BCUT2D eigenvalue weighted by molar-refractivity contribution is 5.54. The summed E-state index contributed by atoms with van der Waals surface area (Å²) in [7, 11) is 3.95. The van der Waals surface area contributed by atoms with Gasteiger partial charge in [0.15, 0.2) is 0 Å². The molecule has 0 aliphatic heterocycles. The summed E-state index contributed by atoms with van der Waals surface area (Å²) in [6.45, 7) is 0. The Bertz CT molecular complexity index is 697. The van der Waals surface area contributed by atoms with Gasteiger partial charge in [0.1, 0.15) is 0 Å². The van der Waals surface area contributed by atoms with Crippen molar-refractivity contribution >= 4 is 5.52 Å². The molecule has 1 unspecified atom stereocenters. The molecule has 5 heteroatoms. The van der Waals surface area contributed by atoms with Crippen molar-refractivity contribution in [2.75, 3.05) is 7.05 Å². The number of aromatic nitrogens is 4. The fourth-order valence-corrected chi connectivity index (χ4v) is 2.59. The van der Waals surface area contributed by atoms with Gasteiger partial charge in [-0.2, -0.15) is 10.2 Å². The standard InChI is InChI=1S/C15H19N5/c1-16-14(7-6-12-9-17-19(2)11-12)13-10-18-20-8-4-3-5-15(13)20/h3-5,8-11,14,16H,6-7H2,1-2H3. The third kappa shape index (κ3) is 2.44. The van der Waals surface area contributed by atoms with Crippen molar-refractivity contribution in [3.8, 4) is 0 Å². The number of fused-ring (bicyclic) bond motifs is 1. The van der Waals surface area contributed by atoms with Crippen LogP contribution in [0.5, 0.6) is 0 Å². The van der Waals surface area contributed by atoms with Crippen LogP contribution in [0.25, 0.3) is 5.52 Å². The minimum absolute atomic E-state index is 0.301. The maximum Gasteiger partial charge on any atom is 0.0709 e. The van der Waals surface area contributed by atoms with Crippen molar-refractivity contribution in [2.24, 2.45) is 7.05 Å². The second-order valence-electron chi connectivity index (χ2n) is 5.03. The first-order chi connectivity index (χ1) is 9.78. The minimum atomic E-state index is 0.301. The highest BCUT2D eigenvalue weighted by Crippen LogP contribution is 2.23. The number of hydrogen-bond acceptors (Lipinski definition) is 3. The first-order valence-electron chi connectivity index (χ1n) is 6.85. The van der Waals surface area contributed by atoms with Crippen LogP contribution in [0, 0.1) is 0 Å². The van der Waals surface area contributed by atoms with Gasteiger partial charge < -0.3 is 5.32 Å². The second kappa shape index (κ2) is 5.46. The van der Waals surface area contributed by atoms with Gasteiger partial charge in [0.2, 0.25) is 0 Å². The lowest BCUT2D eigenvalue weighted by atomic mass is 10.0. The molecule has 5 nitrogen and oxygen atoms in total. The number of pyridine rings is 1. The molecule has 0 aliphatic rings. The SMILES string of the molecule is CNC(CCc1cnn(C)c1)c1cnn2ccccc12. The third-order valence-corrected chi connectivity index (χ3v) is 3.66. The molecule has 0 saturated carbocycles. The molecule has 0 aliphatic carbocycles. The van der Waals surface area contributed by atoms with Crippen LogP contribution in [-0.4, -0.2) is 26.4 Å². The summed E-state index contributed by atoms with van der Waals surface area (Å²) in [5.74, 6) is 0. The Morgan fingerprint density at radius 1 is 1.25 bits per heavy atom. The van der Waals surface area contributed by atoms with Gasteiger partial charge in [-0.1, -0.05) is 6.07 Å². The van der Waals surface area contributed by atoms with Gasteiger partial charge in [0, 0.05) is 31.0 Å². The van der Waals surface area contributed by atoms with Gasteiger partial charge in [-0.25, -0.2) is 4.52 Å². The molecule has 1 N–H and O–H groups in total. The number of hydrogen-bond donors (Lipinski definition) is 1. The zero-order chi connectivity index (χ0) is 13.9. The smallest absolute Gasteiger partial charge is 0.0709 e. The van der Waals surface area contributed by atoms with Crippen LogP contribution in [0.4, 0.5) is 0 Å². The molecule has 0 fully saturated rings. The van der Waals surface area contributed by atoms with Crippen molar-refractivity contribution in [1.29, 1.82) is 0 Å². The normalized spacial score (nSPS) is 12.9. The number of aryl methyl sites for hydroxylation is 2. The van der Waals surface area contributed by atoms with Gasteiger partial charge in [0.25, 0.3) is 0 Å². The van der Waals surface area contributed by atoms with Gasteiger partial charge in [-0.05, 0) is 37.6 Å². The van der Waals surface area contributed by atoms with Crippen LogP contribution in [0.15, 0.2) is 43.0 Å². The largest absolute Gasteiger partial charge is 0.313 e. The molecule has 3 rings (SSSR count). The van der Waals surface area contributed by atoms with Gasteiger partial charge in [-0.3, -0.25) is 4.68 Å². The molecular weight excluding hydrogens is 250 g/mol. The van der Waals surface area contributed by atoms with Crippen molar-refractivity contribution in [3.63, 3.8) is 0 Å². The lowest BCUT2D eigenvalue weighted by Gasteiger charge is -2.14. The predicted molar refractivity (Wildman–Crippen MR) is 78.5 cm³/mol. The van der Waals surface area contributed by atoms with E-state index in [1.807, 2.05) is 54.0 Å². The second-order valence-corrected chi connectivity index (χ2v) is 5.03. The molecule has 20 heavy (non-hydrogen) atoms. The molecule has 0 bridgehead atoms. The molecule has 0 saturated heterocycles. The van der Waals surface area contributed by atoms with Gasteiger partial charge in [0.05, 0.1) is 17.9 Å². The summed E-state index contributed by atoms with van der Waals surface area (Å²) >= 11 is 0. The van der Waals surface area contributed by atoms with Crippen LogP contribution in [0.1, 0.15) is 23.6 Å². The van der Waals surface area contributed by atoms with E-state index >= 15 is 0 Å². The van der Waals surface area contributed by atoms with Crippen LogP contribution < -0.4 is 5.32 Å². The van der Waals surface area contributed by atoms with E-state index < -0.39 is 0 Å². The highest BCUT2D eigenvalue weighted by atomic mass is 15.2. The molecule has 3 aromatic heterocycles. The van der Waals surface area contributed by atoms with E-state index in [2.05, 4.69) is 27.8 Å². The molecule has 0 radical (unpaired) electrons. The quantitative estimate of drug-likeness (QED) is 0.770.